The third kappa shape index (κ3) is 3.33. The summed E-state index contributed by atoms with van der Waals surface area (Å²) in [5.41, 5.74) is 1.21. The molecule has 0 saturated carbocycles. The fraction of sp³-hybridized carbons (Fsp3) is 0.333. The van der Waals surface area contributed by atoms with Gasteiger partial charge in [-0.05, 0) is 30.8 Å². The number of benzene rings is 1. The van der Waals surface area contributed by atoms with E-state index in [2.05, 4.69) is 5.16 Å². The zero-order valence-corrected chi connectivity index (χ0v) is 15.0. The Morgan fingerprint density at radius 1 is 1.29 bits per heavy atom. The average Bonchev–Trinajstić information content (AvgIpc) is 3.32. The molecule has 1 aromatic carbocycles. The normalized spacial score (nSPS) is 20.2. The molecule has 1 saturated heterocycles. The van der Waals surface area contributed by atoms with Gasteiger partial charge in [0.15, 0.2) is 11.9 Å². The number of likely N-dealkylation sites (N-methyl/N-ethyl adjacent to an activating group) is 1. The number of piperazine rings is 1. The number of furan rings is 1. The van der Waals surface area contributed by atoms with Crippen LogP contribution in [0.15, 0.2) is 39.9 Å². The van der Waals surface area contributed by atoms with E-state index in [0.717, 1.165) is 0 Å². The predicted octanol–water partition coefficient (Wildman–Crippen LogP) is 2.47. The number of halogens is 1. The number of anilines is 1. The molecule has 1 unspecified atom stereocenters. The van der Waals surface area contributed by atoms with Gasteiger partial charge in [0.05, 0.1) is 18.3 Å². The summed E-state index contributed by atoms with van der Waals surface area (Å²) in [7, 11) is 1.84. The molecule has 2 aliphatic rings. The van der Waals surface area contributed by atoms with Crippen LogP contribution in [0.5, 0.6) is 0 Å². The average molecular weight is 388 g/mol. The lowest BCUT2D eigenvalue weighted by Crippen LogP contribution is -2.49. The van der Waals surface area contributed by atoms with Crippen molar-refractivity contribution in [3.05, 3.63) is 57.6 Å². The molecule has 9 nitrogen and oxygen atoms in total. The monoisotopic (exact) mass is 388 g/mol. The first-order chi connectivity index (χ1) is 13.4. The maximum atomic E-state index is 14.7. The molecule has 0 radical (unpaired) electrons. The van der Waals surface area contributed by atoms with Gasteiger partial charge in [0.25, 0.3) is 0 Å². The highest BCUT2D eigenvalue weighted by Gasteiger charge is 2.29. The van der Waals surface area contributed by atoms with Crippen molar-refractivity contribution in [2.45, 2.75) is 12.5 Å². The molecule has 4 rings (SSSR count). The Morgan fingerprint density at radius 3 is 2.79 bits per heavy atom. The van der Waals surface area contributed by atoms with E-state index in [1.54, 1.807) is 12.1 Å². The number of nitro groups is 1. The smallest absolute Gasteiger partial charge is 0.399 e. The number of oxime groups is 1. The molecule has 3 heterocycles. The molecule has 1 aromatic heterocycles. The fourth-order valence-electron chi connectivity index (χ4n) is 3.27. The molecular formula is C18H17FN4O5. The molecule has 1 amide bonds. The minimum Gasteiger partial charge on any atom is -0.399 e. The van der Waals surface area contributed by atoms with Crippen molar-refractivity contribution in [1.82, 2.24) is 4.90 Å². The highest BCUT2D eigenvalue weighted by molar-refractivity contribution is 5.99. The predicted molar refractivity (Wildman–Crippen MR) is 96.6 cm³/mol. The third-order valence-corrected chi connectivity index (χ3v) is 4.77. The molecule has 0 aliphatic carbocycles. The first-order valence-corrected chi connectivity index (χ1v) is 8.68. The number of hydrogen-bond donors (Lipinski definition) is 0. The van der Waals surface area contributed by atoms with Gasteiger partial charge in [-0.2, -0.15) is 0 Å². The maximum Gasteiger partial charge on any atom is 0.433 e. The van der Waals surface area contributed by atoms with E-state index in [0.29, 0.717) is 24.4 Å². The number of carbonyl (C=O) groups is 1. The number of hydrogen-bond acceptors (Lipinski definition) is 7. The summed E-state index contributed by atoms with van der Waals surface area (Å²) in [6, 6.07) is 7.28. The maximum absolute atomic E-state index is 14.7. The summed E-state index contributed by atoms with van der Waals surface area (Å²) in [6.07, 6.45) is -0.248. The molecule has 146 valence electrons. The Hall–Kier alpha value is -3.27. The number of amides is 1. The Kier molecular flexibility index (Phi) is 4.55. The van der Waals surface area contributed by atoms with Crippen molar-refractivity contribution >= 4 is 23.2 Å². The SMILES string of the molecule is CN1CCN(c2ccc(C3CC(c4ccc([N+](=O)[O-])o4)=NO3)cc2F)C(=O)C1. The lowest BCUT2D eigenvalue weighted by Gasteiger charge is -2.32. The van der Waals surface area contributed by atoms with Crippen LogP contribution in [0.1, 0.15) is 23.8 Å². The summed E-state index contributed by atoms with van der Waals surface area (Å²) in [5.74, 6) is -0.800. The van der Waals surface area contributed by atoms with Crippen LogP contribution in [0.2, 0.25) is 0 Å². The minimum atomic E-state index is -0.634. The van der Waals surface area contributed by atoms with Crippen molar-refractivity contribution in [3.8, 4) is 0 Å². The summed E-state index contributed by atoms with van der Waals surface area (Å²) in [4.78, 5) is 30.9. The zero-order chi connectivity index (χ0) is 19.8. The number of rotatable bonds is 4. The van der Waals surface area contributed by atoms with Crippen LogP contribution in [-0.2, 0) is 9.63 Å². The largest absolute Gasteiger partial charge is 0.433 e. The summed E-state index contributed by atoms with van der Waals surface area (Å²) in [6.45, 7) is 1.35. The highest BCUT2D eigenvalue weighted by atomic mass is 19.1. The second-order valence-electron chi connectivity index (χ2n) is 6.73. The van der Waals surface area contributed by atoms with Gasteiger partial charge in [0.2, 0.25) is 5.91 Å². The number of carbonyl (C=O) groups excluding carboxylic acids is 1. The van der Waals surface area contributed by atoms with E-state index in [1.807, 2.05) is 11.9 Å². The molecule has 0 N–H and O–H groups in total. The first kappa shape index (κ1) is 18.1. The van der Waals surface area contributed by atoms with Crippen LogP contribution < -0.4 is 4.90 Å². The second-order valence-corrected chi connectivity index (χ2v) is 6.73. The summed E-state index contributed by atoms with van der Waals surface area (Å²) >= 11 is 0. The third-order valence-electron chi connectivity index (χ3n) is 4.77. The molecule has 1 fully saturated rings. The Bertz CT molecular complexity index is 973. The van der Waals surface area contributed by atoms with Crippen LogP contribution in [0, 0.1) is 15.9 Å². The van der Waals surface area contributed by atoms with Gasteiger partial charge >= 0.3 is 5.88 Å². The fourth-order valence-corrected chi connectivity index (χ4v) is 3.27. The molecule has 1 atom stereocenters. The lowest BCUT2D eigenvalue weighted by molar-refractivity contribution is -0.402. The first-order valence-electron chi connectivity index (χ1n) is 8.68. The van der Waals surface area contributed by atoms with Gasteiger partial charge in [-0.25, -0.2) is 4.39 Å². The second kappa shape index (κ2) is 7.04. The van der Waals surface area contributed by atoms with Gasteiger partial charge in [0.1, 0.15) is 16.5 Å². The van der Waals surface area contributed by atoms with Crippen LogP contribution in [0.25, 0.3) is 0 Å². The van der Waals surface area contributed by atoms with E-state index >= 15 is 0 Å². The molecule has 28 heavy (non-hydrogen) atoms. The van der Waals surface area contributed by atoms with Gasteiger partial charge in [0, 0.05) is 19.5 Å². The van der Waals surface area contributed by atoms with Crippen LogP contribution in [-0.4, -0.2) is 48.1 Å². The number of nitrogens with zero attached hydrogens (tertiary/aromatic N) is 4. The molecule has 0 bridgehead atoms. The van der Waals surface area contributed by atoms with Crippen LogP contribution in [0.4, 0.5) is 16.0 Å². The topological polar surface area (TPSA) is 101 Å². The summed E-state index contributed by atoms with van der Waals surface area (Å²) in [5, 5.41) is 14.6. The lowest BCUT2D eigenvalue weighted by atomic mass is 10.0. The van der Waals surface area contributed by atoms with E-state index in [4.69, 9.17) is 9.25 Å². The van der Waals surface area contributed by atoms with E-state index in [-0.39, 0.29) is 36.2 Å². The summed E-state index contributed by atoms with van der Waals surface area (Å²) < 4.78 is 19.8. The van der Waals surface area contributed by atoms with Crippen molar-refractivity contribution in [3.63, 3.8) is 0 Å². The zero-order valence-electron chi connectivity index (χ0n) is 15.0. The molecule has 10 heteroatoms. The van der Waals surface area contributed by atoms with Gasteiger partial charge < -0.3 is 14.2 Å². The molecular weight excluding hydrogens is 371 g/mol. The Balaban J connectivity index is 1.48. The van der Waals surface area contributed by atoms with Crippen LogP contribution >= 0.6 is 0 Å². The van der Waals surface area contributed by atoms with Gasteiger partial charge in [-0.3, -0.25) is 19.8 Å². The quantitative estimate of drug-likeness (QED) is 0.589. The molecule has 2 aliphatic heterocycles. The van der Waals surface area contributed by atoms with Gasteiger partial charge in [-0.15, -0.1) is 0 Å². The molecule has 0 spiro atoms. The van der Waals surface area contributed by atoms with Crippen LogP contribution in [0.3, 0.4) is 0 Å². The standard InChI is InChI=1S/C18H17FN4O5/c1-21-6-7-22(17(24)10-21)14-3-2-11(8-12(14)19)16-9-13(20-28-16)15-4-5-18(27-15)23(25)26/h2-5,8,16H,6-7,9-10H2,1H3. The van der Waals surface area contributed by atoms with E-state index in [1.165, 1.54) is 23.1 Å². The van der Waals surface area contributed by atoms with E-state index in [9.17, 15) is 19.3 Å². The highest BCUT2D eigenvalue weighted by Crippen LogP contribution is 2.33. The van der Waals surface area contributed by atoms with Crippen molar-refractivity contribution in [2.75, 3.05) is 31.6 Å². The minimum absolute atomic E-state index is 0.150. The Labute approximate surface area is 159 Å². The van der Waals surface area contributed by atoms with Crippen molar-refractivity contribution in [1.29, 1.82) is 0 Å². The van der Waals surface area contributed by atoms with Gasteiger partial charge in [-0.1, -0.05) is 11.2 Å². The Morgan fingerprint density at radius 2 is 2.11 bits per heavy atom. The molecule has 2 aromatic rings. The van der Waals surface area contributed by atoms with E-state index < -0.39 is 16.8 Å². The van der Waals surface area contributed by atoms with Crippen molar-refractivity contribution < 1.29 is 23.4 Å². The van der Waals surface area contributed by atoms with Crippen molar-refractivity contribution in [2.24, 2.45) is 5.16 Å².